The molecule has 0 heterocycles. The summed E-state index contributed by atoms with van der Waals surface area (Å²) in [7, 11) is -12.9. The predicted molar refractivity (Wildman–Crippen MR) is 98.4 cm³/mol. The minimum absolute atomic E-state index is 0.0645. The van der Waals surface area contributed by atoms with Gasteiger partial charge in [-0.1, -0.05) is 0 Å². The van der Waals surface area contributed by atoms with Crippen LogP contribution < -0.4 is 0 Å². The second kappa shape index (κ2) is 15.1. The molecular weight excluding hydrogens is 465 g/mol. The summed E-state index contributed by atoms with van der Waals surface area (Å²) in [5, 5.41) is 0. The van der Waals surface area contributed by atoms with Gasteiger partial charge in [0, 0.05) is 26.2 Å². The van der Waals surface area contributed by atoms with Crippen LogP contribution in [-0.2, 0) is 22.8 Å². The lowest BCUT2D eigenvalue weighted by atomic mass is 10.4. The highest BCUT2D eigenvalue weighted by Gasteiger charge is 2.30. The topological polar surface area (TPSA) is 196 Å². The van der Waals surface area contributed by atoms with Crippen molar-refractivity contribution < 1.29 is 47.3 Å². The van der Waals surface area contributed by atoms with Crippen molar-refractivity contribution in [3.63, 3.8) is 0 Å². The maximum atomic E-state index is 11.1. The van der Waals surface area contributed by atoms with Gasteiger partial charge in [0.1, 0.15) is 0 Å². The van der Waals surface area contributed by atoms with Crippen LogP contribution in [0.5, 0.6) is 0 Å². The van der Waals surface area contributed by atoms with Crippen LogP contribution in [0.4, 0.5) is 0 Å². The Bertz CT molecular complexity index is 494. The van der Waals surface area contributed by atoms with E-state index in [0.717, 1.165) is 0 Å². The Balaban J connectivity index is 4.85. The molecule has 0 aromatic carbocycles. The average molecular weight is 488 g/mol. The summed E-state index contributed by atoms with van der Waals surface area (Å²) in [5.41, 5.74) is 0. The summed E-state index contributed by atoms with van der Waals surface area (Å²) in [4.78, 5) is 49.0. The summed E-state index contributed by atoms with van der Waals surface area (Å²) >= 11 is 0. The Morgan fingerprint density at radius 2 is 0.593 bits per heavy atom. The molecule has 0 saturated carbocycles. The average Bonchev–Trinajstić information content (AvgIpc) is 2.46. The van der Waals surface area contributed by atoms with Gasteiger partial charge in [0.15, 0.2) is 0 Å². The van der Waals surface area contributed by atoms with Gasteiger partial charge in [-0.05, 0) is 22.8 Å². The fourth-order valence-corrected chi connectivity index (χ4v) is 5.32. The zero-order chi connectivity index (χ0) is 21.0. The molecule has 0 amide bonds. The van der Waals surface area contributed by atoms with E-state index in [0.29, 0.717) is 0 Å². The molecule has 5 unspecified atom stereocenters. The third kappa shape index (κ3) is 16.8. The van der Waals surface area contributed by atoms with Crippen LogP contribution >= 0.6 is 40.1 Å². The van der Waals surface area contributed by atoms with Gasteiger partial charge in [-0.3, -0.25) is 4.90 Å². The lowest BCUT2D eigenvalue weighted by Crippen LogP contribution is -2.39. The normalized spacial score (nSPS) is 14.6. The van der Waals surface area contributed by atoms with Crippen molar-refractivity contribution in [2.45, 2.75) is 0 Å². The largest absolute Gasteiger partial charge is 0.521 e. The quantitative estimate of drug-likeness (QED) is 0.187. The van der Waals surface area contributed by atoms with E-state index < -0.39 is 40.1 Å². The van der Waals surface area contributed by atoms with Crippen molar-refractivity contribution in [2.75, 3.05) is 57.6 Å². The van der Waals surface area contributed by atoms with Gasteiger partial charge >= 0.3 is 40.1 Å². The van der Waals surface area contributed by atoms with Crippen molar-refractivity contribution in [3.8, 4) is 0 Å². The number of nitrogens with zero attached hydrogens (tertiary/aromatic N) is 3. The van der Waals surface area contributed by atoms with Crippen LogP contribution in [0.1, 0.15) is 0 Å². The van der Waals surface area contributed by atoms with Gasteiger partial charge in [0.2, 0.25) is 31.4 Å². The molecule has 0 aromatic heterocycles. The predicted octanol–water partition coefficient (Wildman–Crippen LogP) is 0.353. The molecular formula is C9H23N3O10P5+5. The lowest BCUT2D eigenvalue weighted by Gasteiger charge is -2.21. The van der Waals surface area contributed by atoms with Crippen LogP contribution in [-0.4, -0.2) is 96.8 Å². The molecule has 0 aliphatic heterocycles. The molecule has 0 saturated heterocycles. The van der Waals surface area contributed by atoms with Gasteiger partial charge in [-0.15, -0.1) is 0 Å². The van der Waals surface area contributed by atoms with E-state index in [1.807, 2.05) is 0 Å². The van der Waals surface area contributed by atoms with Gasteiger partial charge in [-0.25, -0.2) is 9.80 Å². The molecule has 154 valence electrons. The van der Waals surface area contributed by atoms with E-state index >= 15 is 0 Å². The molecule has 13 nitrogen and oxygen atoms in total. The fraction of sp³-hybridized carbons (Fsp3) is 1.00. The van der Waals surface area contributed by atoms with E-state index in [1.165, 1.54) is 14.7 Å². The van der Waals surface area contributed by atoms with Crippen molar-refractivity contribution >= 4 is 40.1 Å². The SMILES string of the molecule is O=[P+](O)CN(CCN(C[P+](=O)O)C[P+](=O)O)CCN(C[P+](=O)O)C[P+](=O)O. The molecule has 0 spiro atoms. The first-order valence-electron chi connectivity index (χ1n) is 7.34. The molecule has 5 N–H and O–H groups in total. The van der Waals surface area contributed by atoms with E-state index in [4.69, 9.17) is 24.5 Å². The maximum Gasteiger partial charge on any atom is 0.521 e. The van der Waals surface area contributed by atoms with E-state index in [1.54, 1.807) is 0 Å². The molecule has 27 heavy (non-hydrogen) atoms. The minimum Gasteiger partial charge on any atom is -0.257 e. The van der Waals surface area contributed by atoms with Crippen LogP contribution in [0.15, 0.2) is 0 Å². The van der Waals surface area contributed by atoms with Crippen molar-refractivity contribution in [1.82, 2.24) is 14.7 Å². The summed E-state index contributed by atoms with van der Waals surface area (Å²) in [6.45, 7) is 0.348. The monoisotopic (exact) mass is 488 g/mol. The Labute approximate surface area is 160 Å². The molecule has 0 aromatic rings. The van der Waals surface area contributed by atoms with Crippen LogP contribution in [0.2, 0.25) is 0 Å². The molecule has 0 rings (SSSR count). The maximum absolute atomic E-state index is 11.1. The summed E-state index contributed by atoms with van der Waals surface area (Å²) in [6, 6.07) is 0. The number of hydrogen-bond acceptors (Lipinski definition) is 8. The molecule has 0 aliphatic carbocycles. The van der Waals surface area contributed by atoms with Crippen LogP contribution in [0.3, 0.4) is 0 Å². The van der Waals surface area contributed by atoms with Gasteiger partial charge < -0.3 is 0 Å². The minimum atomic E-state index is -2.57. The van der Waals surface area contributed by atoms with Gasteiger partial charge in [0.05, 0.1) is 0 Å². The van der Waals surface area contributed by atoms with Crippen molar-refractivity contribution in [3.05, 3.63) is 0 Å². The highest BCUT2D eigenvalue weighted by Crippen LogP contribution is 2.23. The Morgan fingerprint density at radius 1 is 0.407 bits per heavy atom. The van der Waals surface area contributed by atoms with Crippen molar-refractivity contribution in [2.24, 2.45) is 0 Å². The highest BCUT2D eigenvalue weighted by molar-refractivity contribution is 7.39. The molecule has 18 heteroatoms. The van der Waals surface area contributed by atoms with E-state index in [2.05, 4.69) is 0 Å². The van der Waals surface area contributed by atoms with Gasteiger partial charge in [-0.2, -0.15) is 24.5 Å². The second-order valence-electron chi connectivity index (χ2n) is 5.37. The summed E-state index contributed by atoms with van der Waals surface area (Å²) in [5.74, 6) is 0. The second-order valence-corrected chi connectivity index (χ2v) is 10.3. The molecule has 5 atom stereocenters. The number of hydrogen-bond donors (Lipinski definition) is 5. The molecule has 0 bridgehead atoms. The van der Waals surface area contributed by atoms with Gasteiger partial charge in [0.25, 0.3) is 0 Å². The lowest BCUT2D eigenvalue weighted by molar-refractivity contribution is 0.220. The molecule has 0 radical (unpaired) electrons. The zero-order valence-corrected chi connectivity index (χ0v) is 18.7. The summed E-state index contributed by atoms with van der Waals surface area (Å²) in [6.07, 6.45) is -1.60. The Morgan fingerprint density at radius 3 is 0.815 bits per heavy atom. The smallest absolute Gasteiger partial charge is 0.257 e. The molecule has 0 aliphatic rings. The Kier molecular flexibility index (Phi) is 15.2. The highest BCUT2D eigenvalue weighted by atomic mass is 31.1. The van der Waals surface area contributed by atoms with Crippen LogP contribution in [0, 0.1) is 0 Å². The first-order chi connectivity index (χ1) is 12.5. The Hall–Kier alpha value is 0.180. The fourth-order valence-electron chi connectivity index (χ4n) is 2.05. The van der Waals surface area contributed by atoms with Crippen LogP contribution in [0.25, 0.3) is 0 Å². The van der Waals surface area contributed by atoms with E-state index in [9.17, 15) is 22.8 Å². The molecule has 0 fully saturated rings. The third-order valence-electron chi connectivity index (χ3n) is 3.07. The summed E-state index contributed by atoms with van der Waals surface area (Å²) < 4.78 is 55.0. The van der Waals surface area contributed by atoms with Crippen molar-refractivity contribution in [1.29, 1.82) is 0 Å². The first kappa shape index (κ1) is 27.2. The number of rotatable bonds is 16. The standard InChI is InChI=1S/C9H18N3O10P5/c13-23(14)5-10(1-3-11(6-24(15)16)7-25(17)18)2-4-12(8-26(19)20)9-27(21)22/h1-9H2/p+5. The third-order valence-corrected chi connectivity index (χ3v) is 6.28. The van der Waals surface area contributed by atoms with E-state index in [-0.39, 0.29) is 57.6 Å². The zero-order valence-electron chi connectivity index (χ0n) is 14.2. The first-order valence-corrected chi connectivity index (χ1v) is 14.3.